The summed E-state index contributed by atoms with van der Waals surface area (Å²) in [5, 5.41) is 7.40. The number of nitrogens with one attached hydrogen (secondary N) is 1. The molecule has 1 aromatic carbocycles. The van der Waals surface area contributed by atoms with Crippen LogP contribution in [0.5, 0.6) is 0 Å². The van der Waals surface area contributed by atoms with Gasteiger partial charge in [-0.1, -0.05) is 16.6 Å². The van der Waals surface area contributed by atoms with Gasteiger partial charge in [-0.15, -0.1) is 16.4 Å². The van der Waals surface area contributed by atoms with Crippen molar-refractivity contribution in [1.29, 1.82) is 0 Å². The third kappa shape index (κ3) is 3.84. The molecule has 0 saturated carbocycles. The lowest BCUT2D eigenvalue weighted by Crippen LogP contribution is -2.41. The molecule has 3 heterocycles. The molecule has 0 atom stereocenters. The summed E-state index contributed by atoms with van der Waals surface area (Å²) in [5.41, 5.74) is 1.54. The fourth-order valence-electron chi connectivity index (χ4n) is 3.19. The van der Waals surface area contributed by atoms with Crippen molar-refractivity contribution in [2.45, 2.75) is 19.8 Å². The number of aromatic nitrogens is 3. The van der Waals surface area contributed by atoms with E-state index in [0.717, 1.165) is 34.6 Å². The van der Waals surface area contributed by atoms with Gasteiger partial charge >= 0.3 is 0 Å². The number of hydrogen-bond donors (Lipinski definition) is 1. The van der Waals surface area contributed by atoms with E-state index in [9.17, 15) is 9.59 Å². The van der Waals surface area contributed by atoms with Crippen LogP contribution in [0.3, 0.4) is 0 Å². The molecule has 4 rings (SSSR count). The van der Waals surface area contributed by atoms with E-state index in [1.807, 2.05) is 29.2 Å². The average Bonchev–Trinajstić information content (AvgIpc) is 3.32. The Hall–Kier alpha value is -2.39. The van der Waals surface area contributed by atoms with E-state index in [-0.39, 0.29) is 11.8 Å². The molecule has 27 heavy (non-hydrogen) atoms. The molecule has 140 valence electrons. The van der Waals surface area contributed by atoms with Gasteiger partial charge in [0, 0.05) is 19.6 Å². The summed E-state index contributed by atoms with van der Waals surface area (Å²) in [6, 6.07) is 7.75. The smallest absolute Gasteiger partial charge is 0.280 e. The largest absolute Gasteiger partial charge is 0.350 e. The predicted octanol–water partition coefficient (Wildman–Crippen LogP) is 2.74. The van der Waals surface area contributed by atoms with Gasteiger partial charge < -0.3 is 10.2 Å². The maximum absolute atomic E-state index is 12.5. The molecule has 0 aliphatic carbocycles. The van der Waals surface area contributed by atoms with E-state index >= 15 is 0 Å². The Kier molecular flexibility index (Phi) is 5.13. The number of nitrogens with zero attached hydrogens (tertiary/aromatic N) is 4. The van der Waals surface area contributed by atoms with Gasteiger partial charge in [0.25, 0.3) is 11.8 Å². The Bertz CT molecular complexity index is 942. The fraction of sp³-hybridized carbons (Fsp3) is 0.389. The zero-order valence-electron chi connectivity index (χ0n) is 14.8. The summed E-state index contributed by atoms with van der Waals surface area (Å²) in [4.78, 5) is 31.8. The average molecular weight is 402 g/mol. The van der Waals surface area contributed by atoms with E-state index in [1.165, 1.54) is 11.3 Å². The molecule has 0 unspecified atom stereocenters. The van der Waals surface area contributed by atoms with Crippen molar-refractivity contribution in [3.8, 4) is 0 Å². The third-order valence-corrected chi connectivity index (χ3v) is 6.64. The molecule has 7 nitrogen and oxygen atoms in total. The van der Waals surface area contributed by atoms with Crippen molar-refractivity contribution < 1.29 is 9.59 Å². The fourth-order valence-corrected chi connectivity index (χ4v) is 4.70. The molecular formula is C18H19N5O2S2. The van der Waals surface area contributed by atoms with Gasteiger partial charge in [-0.2, -0.15) is 0 Å². The summed E-state index contributed by atoms with van der Waals surface area (Å²) < 4.78 is 4.85. The molecule has 1 saturated heterocycles. The third-order valence-electron chi connectivity index (χ3n) is 4.79. The van der Waals surface area contributed by atoms with Crippen LogP contribution in [0.1, 0.15) is 38.0 Å². The van der Waals surface area contributed by atoms with Crippen LogP contribution in [0.2, 0.25) is 0 Å². The highest BCUT2D eigenvalue weighted by Gasteiger charge is 2.26. The Balaban J connectivity index is 1.28. The van der Waals surface area contributed by atoms with E-state index in [2.05, 4.69) is 19.9 Å². The van der Waals surface area contributed by atoms with E-state index in [4.69, 9.17) is 0 Å². The first-order valence-electron chi connectivity index (χ1n) is 8.84. The summed E-state index contributed by atoms with van der Waals surface area (Å²) in [7, 11) is 0. The van der Waals surface area contributed by atoms with Crippen LogP contribution in [0.25, 0.3) is 10.2 Å². The maximum atomic E-state index is 12.5. The van der Waals surface area contributed by atoms with Gasteiger partial charge in [0.2, 0.25) is 0 Å². The summed E-state index contributed by atoms with van der Waals surface area (Å²) >= 11 is 2.56. The summed E-state index contributed by atoms with van der Waals surface area (Å²) in [5.74, 6) is 0.258. The first kappa shape index (κ1) is 18.0. The molecule has 0 radical (unpaired) electrons. The van der Waals surface area contributed by atoms with Gasteiger partial charge in [-0.05, 0) is 49.3 Å². The van der Waals surface area contributed by atoms with Crippen LogP contribution in [0.4, 0.5) is 0 Å². The monoisotopic (exact) mass is 401 g/mol. The predicted molar refractivity (Wildman–Crippen MR) is 105 cm³/mol. The number of carbonyl (C=O) groups excluding carboxylic acids is 2. The number of likely N-dealkylation sites (tertiary alicyclic amines) is 1. The second kappa shape index (κ2) is 7.69. The quantitative estimate of drug-likeness (QED) is 0.726. The van der Waals surface area contributed by atoms with Crippen molar-refractivity contribution in [3.63, 3.8) is 0 Å². The highest BCUT2D eigenvalue weighted by Crippen LogP contribution is 2.23. The normalized spacial score (nSPS) is 15.2. The van der Waals surface area contributed by atoms with Crippen LogP contribution in [-0.4, -0.2) is 50.9 Å². The molecule has 2 amide bonds. The number of rotatable bonds is 4. The van der Waals surface area contributed by atoms with E-state index in [1.54, 1.807) is 6.92 Å². The number of amides is 2. The topological polar surface area (TPSA) is 88.1 Å². The molecule has 3 aromatic rings. The summed E-state index contributed by atoms with van der Waals surface area (Å²) in [6.07, 6.45) is 1.74. The van der Waals surface area contributed by atoms with Crippen LogP contribution in [0, 0.1) is 12.8 Å². The minimum absolute atomic E-state index is 0.0134. The van der Waals surface area contributed by atoms with Gasteiger partial charge in [-0.3, -0.25) is 9.59 Å². The Morgan fingerprint density at radius 3 is 2.74 bits per heavy atom. The highest BCUT2D eigenvalue weighted by atomic mass is 32.1. The van der Waals surface area contributed by atoms with Gasteiger partial charge in [0.05, 0.1) is 15.9 Å². The van der Waals surface area contributed by atoms with Crippen LogP contribution < -0.4 is 5.32 Å². The zero-order chi connectivity index (χ0) is 18.8. The molecule has 1 fully saturated rings. The zero-order valence-corrected chi connectivity index (χ0v) is 16.5. The summed E-state index contributed by atoms with van der Waals surface area (Å²) in [6.45, 7) is 3.80. The van der Waals surface area contributed by atoms with Crippen molar-refractivity contribution in [1.82, 2.24) is 24.8 Å². The molecule has 0 bridgehead atoms. The number of para-hydroxylation sites is 1. The van der Waals surface area contributed by atoms with Crippen LogP contribution in [-0.2, 0) is 0 Å². The lowest BCUT2D eigenvalue weighted by atomic mass is 9.96. The number of aryl methyl sites for hydroxylation is 1. The standard InChI is InChI=1S/C18H19N5O2S2/c1-11-15(27-22-21-11)18(25)23-8-6-12(7-9-23)10-19-16(24)17-20-13-4-2-3-5-14(13)26-17/h2-5,12H,6-10H2,1H3,(H,19,24). The van der Waals surface area contributed by atoms with Gasteiger partial charge in [-0.25, -0.2) is 4.98 Å². The lowest BCUT2D eigenvalue weighted by Gasteiger charge is -2.31. The molecule has 1 aliphatic rings. The second-order valence-corrected chi connectivity index (χ2v) is 8.40. The van der Waals surface area contributed by atoms with Crippen molar-refractivity contribution in [3.05, 3.63) is 39.8 Å². The minimum Gasteiger partial charge on any atom is -0.350 e. The number of hydrogen-bond acceptors (Lipinski definition) is 7. The Morgan fingerprint density at radius 1 is 1.26 bits per heavy atom. The van der Waals surface area contributed by atoms with E-state index in [0.29, 0.717) is 41.1 Å². The minimum atomic E-state index is -0.124. The Morgan fingerprint density at radius 2 is 2.04 bits per heavy atom. The number of carbonyl (C=O) groups is 2. The van der Waals surface area contributed by atoms with Gasteiger partial charge in [0.15, 0.2) is 5.01 Å². The Labute approximate surface area is 164 Å². The molecule has 9 heteroatoms. The highest BCUT2D eigenvalue weighted by molar-refractivity contribution is 7.20. The molecule has 2 aromatic heterocycles. The number of benzene rings is 1. The number of fused-ring (bicyclic) bond motifs is 1. The molecule has 0 spiro atoms. The van der Waals surface area contributed by atoms with Crippen molar-refractivity contribution in [2.24, 2.45) is 5.92 Å². The van der Waals surface area contributed by atoms with Crippen LogP contribution >= 0.6 is 22.9 Å². The molecule has 1 N–H and O–H groups in total. The first-order valence-corrected chi connectivity index (χ1v) is 10.4. The number of thiazole rings is 1. The maximum Gasteiger partial charge on any atom is 0.280 e. The number of piperidine rings is 1. The van der Waals surface area contributed by atoms with Crippen molar-refractivity contribution >= 4 is 44.9 Å². The molecular weight excluding hydrogens is 382 g/mol. The van der Waals surface area contributed by atoms with E-state index < -0.39 is 0 Å². The lowest BCUT2D eigenvalue weighted by molar-refractivity contribution is 0.0688. The first-order chi connectivity index (χ1) is 13.1. The SMILES string of the molecule is Cc1nnsc1C(=O)N1CCC(CNC(=O)c2nc3ccccc3s2)CC1. The molecule has 1 aliphatic heterocycles. The van der Waals surface area contributed by atoms with Gasteiger partial charge in [0.1, 0.15) is 4.88 Å². The second-order valence-electron chi connectivity index (χ2n) is 6.62. The van der Waals surface area contributed by atoms with Crippen LogP contribution in [0.15, 0.2) is 24.3 Å². The van der Waals surface area contributed by atoms with Crippen molar-refractivity contribution in [2.75, 3.05) is 19.6 Å².